The van der Waals surface area contributed by atoms with Crippen molar-refractivity contribution in [3.8, 4) is 0 Å². The molecular formula is C4H4N2OS. The van der Waals surface area contributed by atoms with Crippen LogP contribution in [0.5, 0.6) is 0 Å². The monoisotopic (exact) mass is 128 g/mol. The minimum Gasteiger partial charge on any atom is -0.296 e. The molecule has 4 heteroatoms. The van der Waals surface area contributed by atoms with Crippen LogP contribution in [-0.4, -0.2) is 15.9 Å². The summed E-state index contributed by atoms with van der Waals surface area (Å²) in [5, 5.41) is 3.53. The van der Waals surface area contributed by atoms with Gasteiger partial charge < -0.3 is 0 Å². The van der Waals surface area contributed by atoms with Crippen molar-refractivity contribution in [2.45, 2.75) is 6.92 Å². The Labute approximate surface area is 50.5 Å². The smallest absolute Gasteiger partial charge is 0.171 e. The largest absolute Gasteiger partial charge is 0.296 e. The average molecular weight is 128 g/mol. The minimum absolute atomic E-state index is 0.454. The molecule has 0 amide bonds. The number of aryl methyl sites for hydroxylation is 1. The summed E-state index contributed by atoms with van der Waals surface area (Å²) in [5.41, 5.74) is 0.454. The number of hydrogen-bond donors (Lipinski definition) is 0. The fourth-order valence-electron chi connectivity index (χ4n) is 0.349. The fraction of sp³-hybridized carbons (Fsp3) is 0.250. The van der Waals surface area contributed by atoms with E-state index in [1.54, 1.807) is 0 Å². The molecule has 0 spiro atoms. The van der Waals surface area contributed by atoms with E-state index in [1.165, 1.54) is 11.5 Å². The van der Waals surface area contributed by atoms with Crippen LogP contribution in [0.4, 0.5) is 0 Å². The molecule has 0 saturated heterocycles. The Morgan fingerprint density at radius 2 is 2.50 bits per heavy atom. The topological polar surface area (TPSA) is 42.9 Å². The lowest BCUT2D eigenvalue weighted by molar-refractivity contribution is 0.111. The van der Waals surface area contributed by atoms with Crippen molar-refractivity contribution in [3.63, 3.8) is 0 Å². The number of aldehydes is 1. The third-order valence-corrected chi connectivity index (χ3v) is 1.44. The Hall–Kier alpha value is -0.770. The number of carbonyl (C=O) groups excluding carboxylic acids is 1. The summed E-state index contributed by atoms with van der Waals surface area (Å²) in [5.74, 6) is 0. The second kappa shape index (κ2) is 2.00. The van der Waals surface area contributed by atoms with Gasteiger partial charge >= 0.3 is 0 Å². The first-order valence-electron chi connectivity index (χ1n) is 2.08. The van der Waals surface area contributed by atoms with E-state index < -0.39 is 0 Å². The molecule has 0 aliphatic carbocycles. The zero-order chi connectivity index (χ0) is 5.98. The predicted octanol–water partition coefficient (Wildman–Crippen LogP) is 0.659. The third kappa shape index (κ3) is 0.742. The van der Waals surface area contributed by atoms with Gasteiger partial charge in [-0.1, -0.05) is 4.49 Å². The van der Waals surface area contributed by atoms with Crippen LogP contribution in [0, 0.1) is 6.92 Å². The maximum atomic E-state index is 9.99. The number of carbonyl (C=O) groups is 1. The highest BCUT2D eigenvalue weighted by atomic mass is 32.1. The van der Waals surface area contributed by atoms with Gasteiger partial charge in [-0.3, -0.25) is 4.79 Å². The van der Waals surface area contributed by atoms with Crippen LogP contribution in [0.3, 0.4) is 0 Å². The molecule has 0 saturated carbocycles. The summed E-state index contributed by atoms with van der Waals surface area (Å²) in [6.45, 7) is 1.81. The van der Waals surface area contributed by atoms with Crippen LogP contribution >= 0.6 is 11.5 Å². The first-order valence-corrected chi connectivity index (χ1v) is 2.86. The van der Waals surface area contributed by atoms with E-state index >= 15 is 0 Å². The summed E-state index contributed by atoms with van der Waals surface area (Å²) in [6.07, 6.45) is 0.707. The van der Waals surface area contributed by atoms with Crippen molar-refractivity contribution in [2.24, 2.45) is 0 Å². The van der Waals surface area contributed by atoms with Gasteiger partial charge in [-0.25, -0.2) is 0 Å². The van der Waals surface area contributed by atoms with Gasteiger partial charge in [0, 0.05) is 0 Å². The summed E-state index contributed by atoms with van der Waals surface area (Å²) in [6, 6.07) is 0. The van der Waals surface area contributed by atoms with E-state index in [0.29, 0.717) is 12.0 Å². The summed E-state index contributed by atoms with van der Waals surface area (Å²) in [4.78, 5) is 10.9. The van der Waals surface area contributed by atoms with E-state index in [0.717, 1.165) is 4.88 Å². The van der Waals surface area contributed by atoms with E-state index in [2.05, 4.69) is 9.59 Å². The number of rotatable bonds is 1. The van der Waals surface area contributed by atoms with Crippen molar-refractivity contribution >= 4 is 17.8 Å². The molecule has 1 aromatic rings. The lowest BCUT2D eigenvalue weighted by atomic mass is 10.4. The van der Waals surface area contributed by atoms with E-state index in [9.17, 15) is 4.79 Å². The van der Waals surface area contributed by atoms with Gasteiger partial charge in [0.2, 0.25) is 0 Å². The van der Waals surface area contributed by atoms with Gasteiger partial charge in [-0.15, -0.1) is 5.10 Å². The second-order valence-electron chi connectivity index (χ2n) is 1.33. The normalized spacial score (nSPS) is 9.12. The van der Waals surface area contributed by atoms with E-state index in [1.807, 2.05) is 6.92 Å². The summed E-state index contributed by atoms with van der Waals surface area (Å²) < 4.78 is 3.55. The maximum Gasteiger partial charge on any atom is 0.171 e. The quantitative estimate of drug-likeness (QED) is 0.522. The van der Waals surface area contributed by atoms with E-state index in [4.69, 9.17) is 0 Å². The molecule has 0 atom stereocenters. The van der Waals surface area contributed by atoms with Crippen LogP contribution < -0.4 is 0 Å². The number of aromatic nitrogens is 2. The Balaban J connectivity index is 3.09. The van der Waals surface area contributed by atoms with Gasteiger partial charge in [0.25, 0.3) is 0 Å². The first-order chi connectivity index (χ1) is 3.84. The van der Waals surface area contributed by atoms with Crippen LogP contribution in [0.2, 0.25) is 0 Å². The van der Waals surface area contributed by atoms with Gasteiger partial charge in [0.05, 0.1) is 4.88 Å². The molecule has 0 radical (unpaired) electrons. The zero-order valence-electron chi connectivity index (χ0n) is 4.29. The van der Waals surface area contributed by atoms with Crippen molar-refractivity contribution in [2.75, 3.05) is 0 Å². The minimum atomic E-state index is 0.454. The SMILES string of the molecule is Cc1snnc1C=O. The molecule has 0 aliphatic heterocycles. The van der Waals surface area contributed by atoms with E-state index in [-0.39, 0.29) is 0 Å². The Kier molecular flexibility index (Phi) is 1.34. The Bertz CT molecular complexity index is 196. The molecule has 1 heterocycles. The van der Waals surface area contributed by atoms with Crippen LogP contribution in [0.15, 0.2) is 0 Å². The average Bonchev–Trinajstić information content (AvgIpc) is 2.14. The third-order valence-electron chi connectivity index (χ3n) is 0.799. The summed E-state index contributed by atoms with van der Waals surface area (Å²) in [7, 11) is 0. The zero-order valence-corrected chi connectivity index (χ0v) is 5.10. The molecule has 0 bridgehead atoms. The second-order valence-corrected chi connectivity index (χ2v) is 2.29. The van der Waals surface area contributed by atoms with Crippen molar-refractivity contribution in [1.82, 2.24) is 9.59 Å². The highest BCUT2D eigenvalue weighted by molar-refractivity contribution is 7.05. The van der Waals surface area contributed by atoms with Gasteiger partial charge in [-0.2, -0.15) is 0 Å². The van der Waals surface area contributed by atoms with Crippen LogP contribution in [-0.2, 0) is 0 Å². The van der Waals surface area contributed by atoms with Gasteiger partial charge in [0.1, 0.15) is 5.69 Å². The molecular weight excluding hydrogens is 124 g/mol. The standard InChI is InChI=1S/C4H4N2OS/c1-3-4(2-7)5-6-8-3/h2H,1H3. The molecule has 0 N–H and O–H groups in total. The van der Waals surface area contributed by atoms with Crippen molar-refractivity contribution < 1.29 is 4.79 Å². The molecule has 42 valence electrons. The molecule has 0 fully saturated rings. The first kappa shape index (κ1) is 5.37. The lowest BCUT2D eigenvalue weighted by Crippen LogP contribution is -1.80. The molecule has 1 aromatic heterocycles. The Morgan fingerprint density at radius 3 is 2.75 bits per heavy atom. The highest BCUT2D eigenvalue weighted by Gasteiger charge is 1.97. The molecule has 1 rings (SSSR count). The lowest BCUT2D eigenvalue weighted by Gasteiger charge is -1.73. The maximum absolute atomic E-state index is 9.99. The molecule has 0 unspecified atom stereocenters. The number of hydrogen-bond acceptors (Lipinski definition) is 4. The summed E-state index contributed by atoms with van der Waals surface area (Å²) >= 11 is 1.24. The molecule has 0 aromatic carbocycles. The highest BCUT2D eigenvalue weighted by Crippen LogP contribution is 2.03. The predicted molar refractivity (Wildman–Crippen MR) is 30.0 cm³/mol. The van der Waals surface area contributed by atoms with Crippen LogP contribution in [0.1, 0.15) is 15.4 Å². The number of nitrogens with zero attached hydrogens (tertiary/aromatic N) is 2. The van der Waals surface area contributed by atoms with Crippen molar-refractivity contribution in [1.29, 1.82) is 0 Å². The van der Waals surface area contributed by atoms with Gasteiger partial charge in [-0.05, 0) is 18.5 Å². The fourth-order valence-corrected chi connectivity index (χ4v) is 0.783. The van der Waals surface area contributed by atoms with Crippen molar-refractivity contribution in [3.05, 3.63) is 10.6 Å². The molecule has 3 nitrogen and oxygen atoms in total. The van der Waals surface area contributed by atoms with Crippen LogP contribution in [0.25, 0.3) is 0 Å². The molecule has 0 aliphatic rings. The Morgan fingerprint density at radius 1 is 1.75 bits per heavy atom. The van der Waals surface area contributed by atoms with Gasteiger partial charge in [0.15, 0.2) is 6.29 Å². The molecule has 8 heavy (non-hydrogen) atoms.